The number of hydrogen-bond acceptors (Lipinski definition) is 3. The molecule has 1 fully saturated rings. The maximum absolute atomic E-state index is 5.40. The molecule has 0 amide bonds. The molecule has 1 rings (SSSR count). The number of hydrogen-bond donors (Lipinski definition) is 1. The normalized spacial score (nSPS) is 20.2. The van der Waals surface area contributed by atoms with Crippen molar-refractivity contribution in [1.29, 1.82) is 0 Å². The highest BCUT2D eigenvalue weighted by Crippen LogP contribution is 2.12. The van der Waals surface area contributed by atoms with Gasteiger partial charge in [-0.15, -0.1) is 0 Å². The lowest BCUT2D eigenvalue weighted by Crippen LogP contribution is -2.40. The minimum atomic E-state index is 0.000361. The van der Waals surface area contributed by atoms with Crippen LogP contribution in [0.15, 0.2) is 0 Å². The summed E-state index contributed by atoms with van der Waals surface area (Å²) in [7, 11) is 1.79. The first kappa shape index (κ1) is 13.9. The zero-order chi connectivity index (χ0) is 12.0. The Morgan fingerprint density at radius 1 is 1.31 bits per heavy atom. The Morgan fingerprint density at radius 3 is 2.50 bits per heavy atom. The number of likely N-dealkylation sites (tertiary alicyclic amines) is 1. The van der Waals surface area contributed by atoms with Gasteiger partial charge in [-0.25, -0.2) is 0 Å². The summed E-state index contributed by atoms with van der Waals surface area (Å²) >= 11 is 0. The van der Waals surface area contributed by atoms with Gasteiger partial charge in [0.15, 0.2) is 0 Å². The second-order valence-corrected chi connectivity index (χ2v) is 5.58. The lowest BCUT2D eigenvalue weighted by atomic mass is 10.1. The highest BCUT2D eigenvalue weighted by atomic mass is 16.5. The van der Waals surface area contributed by atoms with E-state index >= 15 is 0 Å². The maximum Gasteiger partial charge on any atom is 0.0634 e. The summed E-state index contributed by atoms with van der Waals surface area (Å²) in [6.07, 6.45) is 3.82. The maximum atomic E-state index is 5.40. The van der Waals surface area contributed by atoms with E-state index < -0.39 is 0 Å². The van der Waals surface area contributed by atoms with Crippen molar-refractivity contribution < 1.29 is 4.74 Å². The van der Waals surface area contributed by atoms with Crippen molar-refractivity contribution >= 4 is 0 Å². The van der Waals surface area contributed by atoms with E-state index in [4.69, 9.17) is 4.74 Å². The average Bonchev–Trinajstić information content (AvgIpc) is 2.70. The second-order valence-electron chi connectivity index (χ2n) is 5.58. The van der Waals surface area contributed by atoms with Crippen LogP contribution in [0.4, 0.5) is 0 Å². The van der Waals surface area contributed by atoms with Gasteiger partial charge in [-0.3, -0.25) is 0 Å². The third-order valence-electron chi connectivity index (χ3n) is 3.50. The first-order valence-corrected chi connectivity index (χ1v) is 6.54. The highest BCUT2D eigenvalue weighted by Gasteiger charge is 2.17. The summed E-state index contributed by atoms with van der Waals surface area (Å²) < 4.78 is 5.40. The largest absolute Gasteiger partial charge is 0.379 e. The number of rotatable bonds is 7. The third-order valence-corrected chi connectivity index (χ3v) is 3.50. The number of nitrogens with zero attached hydrogens (tertiary/aromatic N) is 1. The molecule has 0 aromatic rings. The molecule has 0 radical (unpaired) electrons. The van der Waals surface area contributed by atoms with E-state index in [1.165, 1.54) is 32.5 Å². The fourth-order valence-electron chi connectivity index (χ4n) is 2.14. The Balaban J connectivity index is 2.07. The van der Waals surface area contributed by atoms with Gasteiger partial charge in [0.1, 0.15) is 0 Å². The molecule has 3 nitrogen and oxygen atoms in total. The van der Waals surface area contributed by atoms with Crippen LogP contribution < -0.4 is 5.32 Å². The Kier molecular flexibility index (Phi) is 5.73. The third kappa shape index (κ3) is 5.28. The van der Waals surface area contributed by atoms with Gasteiger partial charge < -0.3 is 15.0 Å². The van der Waals surface area contributed by atoms with Crippen LogP contribution in [-0.4, -0.2) is 49.8 Å². The highest BCUT2D eigenvalue weighted by molar-refractivity contribution is 4.74. The monoisotopic (exact) mass is 228 g/mol. The molecule has 1 heterocycles. The predicted molar refractivity (Wildman–Crippen MR) is 68.8 cm³/mol. The Morgan fingerprint density at radius 2 is 1.94 bits per heavy atom. The van der Waals surface area contributed by atoms with Crippen molar-refractivity contribution in [1.82, 2.24) is 10.2 Å². The first-order chi connectivity index (χ1) is 7.53. The van der Waals surface area contributed by atoms with Crippen molar-refractivity contribution in [3.05, 3.63) is 0 Å². The van der Waals surface area contributed by atoms with Gasteiger partial charge >= 0.3 is 0 Å². The molecule has 1 N–H and O–H groups in total. The van der Waals surface area contributed by atoms with E-state index in [1.54, 1.807) is 7.11 Å². The van der Waals surface area contributed by atoms with Crippen LogP contribution in [0.2, 0.25) is 0 Å². The summed E-state index contributed by atoms with van der Waals surface area (Å²) in [6.45, 7) is 11.4. The fourth-order valence-corrected chi connectivity index (χ4v) is 2.14. The minimum absolute atomic E-state index is 0.000361. The van der Waals surface area contributed by atoms with Gasteiger partial charge in [0.2, 0.25) is 0 Å². The van der Waals surface area contributed by atoms with E-state index in [2.05, 4.69) is 31.0 Å². The van der Waals surface area contributed by atoms with Gasteiger partial charge in [0.25, 0.3) is 0 Å². The average molecular weight is 228 g/mol. The topological polar surface area (TPSA) is 24.5 Å². The molecular weight excluding hydrogens is 200 g/mol. The zero-order valence-electron chi connectivity index (χ0n) is 11.4. The molecule has 1 aliphatic rings. The molecule has 96 valence electrons. The van der Waals surface area contributed by atoms with Crippen LogP contribution in [-0.2, 0) is 4.74 Å². The molecule has 1 unspecified atom stereocenters. The van der Waals surface area contributed by atoms with Gasteiger partial charge in [0.05, 0.1) is 5.60 Å². The van der Waals surface area contributed by atoms with Crippen molar-refractivity contribution in [2.45, 2.75) is 51.7 Å². The van der Waals surface area contributed by atoms with Gasteiger partial charge in [-0.05, 0) is 59.7 Å². The lowest BCUT2D eigenvalue weighted by Gasteiger charge is -2.25. The van der Waals surface area contributed by atoms with Gasteiger partial charge in [0, 0.05) is 19.7 Å². The molecule has 0 spiro atoms. The van der Waals surface area contributed by atoms with Crippen molar-refractivity contribution in [2.24, 2.45) is 0 Å². The number of nitrogens with one attached hydrogen (secondary N) is 1. The van der Waals surface area contributed by atoms with E-state index in [0.29, 0.717) is 6.04 Å². The molecule has 16 heavy (non-hydrogen) atoms. The summed E-state index contributed by atoms with van der Waals surface area (Å²) in [5.41, 5.74) is 0.000361. The second kappa shape index (κ2) is 6.58. The van der Waals surface area contributed by atoms with Gasteiger partial charge in [-0.2, -0.15) is 0 Å². The fraction of sp³-hybridized carbons (Fsp3) is 1.00. The van der Waals surface area contributed by atoms with E-state index in [9.17, 15) is 0 Å². The van der Waals surface area contributed by atoms with E-state index in [1.807, 2.05) is 0 Å². The molecule has 0 bridgehead atoms. The van der Waals surface area contributed by atoms with Crippen LogP contribution in [0.3, 0.4) is 0 Å². The number of methoxy groups -OCH3 is 1. The van der Waals surface area contributed by atoms with Crippen molar-refractivity contribution in [3.8, 4) is 0 Å². The first-order valence-electron chi connectivity index (χ1n) is 6.54. The summed E-state index contributed by atoms with van der Waals surface area (Å²) in [5.74, 6) is 0. The quantitative estimate of drug-likeness (QED) is 0.720. The molecule has 0 aliphatic carbocycles. The molecule has 3 heteroatoms. The molecule has 1 aliphatic heterocycles. The SMILES string of the molecule is COC(C)(C)CCNC(C)CN1CCCC1. The van der Waals surface area contributed by atoms with Crippen LogP contribution in [0.25, 0.3) is 0 Å². The van der Waals surface area contributed by atoms with E-state index in [0.717, 1.165) is 13.0 Å². The summed E-state index contributed by atoms with van der Waals surface area (Å²) in [6, 6.07) is 0.589. The predicted octanol–water partition coefficient (Wildman–Crippen LogP) is 1.88. The minimum Gasteiger partial charge on any atom is -0.379 e. The Hall–Kier alpha value is -0.120. The molecule has 0 aromatic carbocycles. The standard InChI is InChI=1S/C13H28N2O/c1-12(11-15-9-5-6-10-15)14-8-7-13(2,3)16-4/h12,14H,5-11H2,1-4H3. The smallest absolute Gasteiger partial charge is 0.0634 e. The van der Waals surface area contributed by atoms with Gasteiger partial charge in [-0.1, -0.05) is 0 Å². The summed E-state index contributed by atoms with van der Waals surface area (Å²) in [5, 5.41) is 3.58. The van der Waals surface area contributed by atoms with Crippen molar-refractivity contribution in [2.75, 3.05) is 33.3 Å². The Labute approximate surface area is 101 Å². The molecule has 0 aromatic heterocycles. The van der Waals surface area contributed by atoms with Crippen LogP contribution in [0, 0.1) is 0 Å². The van der Waals surface area contributed by atoms with Crippen molar-refractivity contribution in [3.63, 3.8) is 0 Å². The summed E-state index contributed by atoms with van der Waals surface area (Å²) in [4.78, 5) is 2.55. The molecule has 1 atom stereocenters. The Bertz CT molecular complexity index is 188. The van der Waals surface area contributed by atoms with E-state index in [-0.39, 0.29) is 5.60 Å². The lowest BCUT2D eigenvalue weighted by molar-refractivity contribution is 0.0153. The van der Waals surface area contributed by atoms with Crippen LogP contribution in [0.1, 0.15) is 40.0 Å². The van der Waals surface area contributed by atoms with Crippen LogP contribution in [0.5, 0.6) is 0 Å². The molecule has 1 saturated heterocycles. The van der Waals surface area contributed by atoms with Crippen LogP contribution >= 0.6 is 0 Å². The molecular formula is C13H28N2O. The molecule has 0 saturated carbocycles. The number of ether oxygens (including phenoxy) is 1. The zero-order valence-corrected chi connectivity index (χ0v) is 11.4.